The molecule has 1 rings (SSSR count). The van der Waals surface area contributed by atoms with Crippen LogP contribution in [0.25, 0.3) is 0 Å². The average Bonchev–Trinajstić information content (AvgIpc) is 2.64. The molecule has 0 aromatic carbocycles. The summed E-state index contributed by atoms with van der Waals surface area (Å²) >= 11 is 0. The minimum atomic E-state index is -1.28. The van der Waals surface area contributed by atoms with Crippen LogP contribution in [-0.2, 0) is 19.1 Å². The zero-order chi connectivity index (χ0) is 18.7. The molecule has 5 atom stereocenters. The summed E-state index contributed by atoms with van der Waals surface area (Å²) in [6.45, 7) is 7.74. The van der Waals surface area contributed by atoms with Gasteiger partial charge in [-0.15, -0.1) is 0 Å². The molecule has 0 spiro atoms. The number of aliphatic hydroxyl groups excluding tert-OH is 2. The minimum absolute atomic E-state index is 0.0762. The summed E-state index contributed by atoms with van der Waals surface area (Å²) in [4.78, 5) is 34.7. The number of nitrogens with one attached hydrogen (secondary N) is 2. The van der Waals surface area contributed by atoms with Crippen LogP contribution in [0.4, 0.5) is 4.79 Å². The highest BCUT2D eigenvalue weighted by Gasteiger charge is 2.44. The number of amides is 2. The Balaban J connectivity index is 2.54. The lowest BCUT2D eigenvalue weighted by Gasteiger charge is -2.23. The first kappa shape index (κ1) is 20.2. The number of ether oxygens (including phenoxy) is 2. The van der Waals surface area contributed by atoms with Crippen LogP contribution in [0.3, 0.4) is 0 Å². The molecule has 0 radical (unpaired) electrons. The van der Waals surface area contributed by atoms with Crippen LogP contribution in [0.15, 0.2) is 0 Å². The highest BCUT2D eigenvalue weighted by Crippen LogP contribution is 2.24. The lowest BCUT2D eigenvalue weighted by atomic mass is 10.2. The second-order valence-corrected chi connectivity index (χ2v) is 6.85. The Hall–Kier alpha value is -1.87. The number of hydrogen-bond donors (Lipinski definition) is 4. The van der Waals surface area contributed by atoms with E-state index in [1.165, 1.54) is 13.8 Å². The van der Waals surface area contributed by atoms with Gasteiger partial charge in [0.2, 0.25) is 5.91 Å². The summed E-state index contributed by atoms with van der Waals surface area (Å²) < 4.78 is 9.95. The number of hydrogen-bond acceptors (Lipinski definition) is 7. The van der Waals surface area contributed by atoms with Gasteiger partial charge in [0.15, 0.2) is 0 Å². The fraction of sp³-hybridized carbons (Fsp3) is 0.800. The van der Waals surface area contributed by atoms with Gasteiger partial charge in [-0.2, -0.15) is 0 Å². The predicted molar refractivity (Wildman–Crippen MR) is 82.9 cm³/mol. The fourth-order valence-corrected chi connectivity index (χ4v) is 2.32. The third-order valence-electron chi connectivity index (χ3n) is 3.40. The molecule has 0 saturated heterocycles. The van der Waals surface area contributed by atoms with E-state index in [1.54, 1.807) is 20.8 Å². The van der Waals surface area contributed by atoms with E-state index >= 15 is 0 Å². The van der Waals surface area contributed by atoms with E-state index in [4.69, 9.17) is 9.47 Å². The van der Waals surface area contributed by atoms with E-state index in [-0.39, 0.29) is 6.42 Å². The molecule has 9 nitrogen and oxygen atoms in total. The predicted octanol–water partition coefficient (Wildman–Crippen LogP) is -0.558. The molecule has 0 aliphatic heterocycles. The van der Waals surface area contributed by atoms with Crippen LogP contribution in [-0.4, -0.2) is 64.2 Å². The van der Waals surface area contributed by atoms with Crippen molar-refractivity contribution in [3.63, 3.8) is 0 Å². The largest absolute Gasteiger partial charge is 0.460 e. The Kier molecular flexibility index (Phi) is 6.56. The maximum atomic E-state index is 12.1. The van der Waals surface area contributed by atoms with Crippen molar-refractivity contribution in [3.05, 3.63) is 0 Å². The molecule has 1 fully saturated rings. The van der Waals surface area contributed by atoms with Crippen LogP contribution < -0.4 is 10.6 Å². The summed E-state index contributed by atoms with van der Waals surface area (Å²) in [5.41, 5.74) is -0.691. The van der Waals surface area contributed by atoms with Gasteiger partial charge in [-0.3, -0.25) is 9.59 Å². The van der Waals surface area contributed by atoms with Crippen LogP contribution >= 0.6 is 0 Å². The van der Waals surface area contributed by atoms with E-state index < -0.39 is 54.0 Å². The first-order chi connectivity index (χ1) is 10.9. The number of esters is 1. The van der Waals surface area contributed by atoms with Crippen molar-refractivity contribution in [1.29, 1.82) is 0 Å². The van der Waals surface area contributed by atoms with Crippen molar-refractivity contribution in [1.82, 2.24) is 10.6 Å². The van der Waals surface area contributed by atoms with Crippen molar-refractivity contribution in [2.45, 2.75) is 77.0 Å². The third-order valence-corrected chi connectivity index (χ3v) is 3.40. The van der Waals surface area contributed by atoms with Gasteiger partial charge in [-0.25, -0.2) is 4.79 Å². The molecule has 0 aromatic rings. The van der Waals surface area contributed by atoms with E-state index in [0.717, 1.165) is 0 Å². The molecule has 1 saturated carbocycles. The van der Waals surface area contributed by atoms with Gasteiger partial charge in [-0.05, 0) is 27.7 Å². The Morgan fingerprint density at radius 2 is 1.75 bits per heavy atom. The number of carbonyl (C=O) groups excluding carboxylic acids is 3. The summed E-state index contributed by atoms with van der Waals surface area (Å²) in [5, 5.41) is 24.7. The monoisotopic (exact) mass is 346 g/mol. The van der Waals surface area contributed by atoms with E-state index in [9.17, 15) is 24.6 Å². The maximum absolute atomic E-state index is 12.1. The second-order valence-electron chi connectivity index (χ2n) is 6.85. The molecular weight excluding hydrogens is 320 g/mol. The molecule has 24 heavy (non-hydrogen) atoms. The van der Waals surface area contributed by atoms with Gasteiger partial charge in [0.1, 0.15) is 30.0 Å². The average molecular weight is 346 g/mol. The molecule has 0 bridgehead atoms. The fourth-order valence-electron chi connectivity index (χ4n) is 2.32. The SMILES string of the molecule is CC(=O)O[C@@H]1C[C@H](NC(=O)[C@H](C)NC(=O)OC(C)(C)C)[C@@H](O)[C@H]1O. The number of rotatable bonds is 4. The summed E-state index contributed by atoms with van der Waals surface area (Å²) in [7, 11) is 0. The lowest BCUT2D eigenvalue weighted by Crippen LogP contribution is -2.51. The van der Waals surface area contributed by atoms with Crippen LogP contribution in [0, 0.1) is 0 Å². The zero-order valence-electron chi connectivity index (χ0n) is 14.5. The number of aliphatic hydroxyl groups is 2. The molecule has 0 aromatic heterocycles. The van der Waals surface area contributed by atoms with Crippen LogP contribution in [0.1, 0.15) is 41.0 Å². The summed E-state index contributed by atoms with van der Waals surface area (Å²) in [6, 6.07) is -1.70. The van der Waals surface area contributed by atoms with Gasteiger partial charge >= 0.3 is 12.1 Å². The van der Waals surface area contributed by atoms with Crippen molar-refractivity contribution in [3.8, 4) is 0 Å². The van der Waals surface area contributed by atoms with Crippen LogP contribution in [0.2, 0.25) is 0 Å². The normalized spacial score (nSPS) is 28.0. The topological polar surface area (TPSA) is 134 Å². The van der Waals surface area contributed by atoms with E-state index in [0.29, 0.717) is 0 Å². The number of alkyl carbamates (subject to hydrolysis) is 1. The Bertz CT molecular complexity index is 489. The molecule has 138 valence electrons. The molecule has 1 aliphatic rings. The zero-order valence-corrected chi connectivity index (χ0v) is 14.5. The lowest BCUT2D eigenvalue weighted by molar-refractivity contribution is -0.152. The maximum Gasteiger partial charge on any atom is 0.408 e. The molecule has 2 amide bonds. The highest BCUT2D eigenvalue weighted by molar-refractivity contribution is 5.85. The Morgan fingerprint density at radius 3 is 2.25 bits per heavy atom. The van der Waals surface area contributed by atoms with Crippen molar-refractivity contribution in [2.75, 3.05) is 0 Å². The smallest absolute Gasteiger partial charge is 0.408 e. The molecule has 0 heterocycles. The Morgan fingerprint density at radius 1 is 1.17 bits per heavy atom. The van der Waals surface area contributed by atoms with Crippen molar-refractivity contribution in [2.24, 2.45) is 0 Å². The standard InChI is InChI=1S/C15H26N2O7/c1-7(16-14(22)24-15(3,4)5)13(21)17-9-6-10(23-8(2)18)12(20)11(9)19/h7,9-12,19-20H,6H2,1-5H3,(H,16,22)(H,17,21)/t7-,9-,10+,11+,12-/m0/s1. The van der Waals surface area contributed by atoms with Gasteiger partial charge < -0.3 is 30.3 Å². The van der Waals surface area contributed by atoms with Crippen molar-refractivity contribution < 1.29 is 34.1 Å². The van der Waals surface area contributed by atoms with Crippen molar-refractivity contribution >= 4 is 18.0 Å². The number of carbonyl (C=O) groups is 3. The minimum Gasteiger partial charge on any atom is -0.460 e. The first-order valence-electron chi connectivity index (χ1n) is 7.74. The molecule has 1 aliphatic carbocycles. The van der Waals surface area contributed by atoms with E-state index in [2.05, 4.69) is 10.6 Å². The molecule has 4 N–H and O–H groups in total. The van der Waals surface area contributed by atoms with Gasteiger partial charge in [0.05, 0.1) is 6.04 Å². The van der Waals surface area contributed by atoms with E-state index in [1.807, 2.05) is 0 Å². The third kappa shape index (κ3) is 5.97. The molecule has 0 unspecified atom stereocenters. The first-order valence-corrected chi connectivity index (χ1v) is 7.74. The van der Waals surface area contributed by atoms with Gasteiger partial charge in [0, 0.05) is 13.3 Å². The van der Waals surface area contributed by atoms with Crippen LogP contribution in [0.5, 0.6) is 0 Å². The highest BCUT2D eigenvalue weighted by atomic mass is 16.6. The molecular formula is C15H26N2O7. The van der Waals surface area contributed by atoms with Gasteiger partial charge in [0.25, 0.3) is 0 Å². The summed E-state index contributed by atoms with van der Waals surface area (Å²) in [6.07, 6.45) is -4.11. The summed E-state index contributed by atoms with van der Waals surface area (Å²) in [5.74, 6) is -1.14. The Labute approximate surface area is 140 Å². The molecule has 9 heteroatoms. The quantitative estimate of drug-likeness (QED) is 0.501. The second kappa shape index (κ2) is 7.80. The van der Waals surface area contributed by atoms with Gasteiger partial charge in [-0.1, -0.05) is 0 Å².